The molecule has 1 atom stereocenters. The highest BCUT2D eigenvalue weighted by atomic mass is 16.2. The molecule has 0 fully saturated rings. The number of nitrogens with zero attached hydrogens (tertiary/aromatic N) is 3. The molecule has 1 amide bonds. The van der Waals surface area contributed by atoms with Crippen molar-refractivity contribution in [2.45, 2.75) is 52.5 Å². The minimum Gasteiger partial charge on any atom is -0.332 e. The Kier molecular flexibility index (Phi) is 7.76. The number of aryl methyl sites for hydroxylation is 1. The molecule has 0 bridgehead atoms. The van der Waals surface area contributed by atoms with Crippen molar-refractivity contribution in [3.63, 3.8) is 0 Å². The van der Waals surface area contributed by atoms with Crippen LogP contribution in [0.1, 0.15) is 56.1 Å². The summed E-state index contributed by atoms with van der Waals surface area (Å²) in [5.74, 6) is 0.661. The molecule has 180 valence electrons. The lowest BCUT2D eigenvalue weighted by Crippen LogP contribution is -2.40. The first-order valence-electron chi connectivity index (χ1n) is 12.5. The van der Waals surface area contributed by atoms with Gasteiger partial charge in [-0.15, -0.1) is 0 Å². The molecule has 35 heavy (non-hydrogen) atoms. The third-order valence-corrected chi connectivity index (χ3v) is 6.39. The lowest BCUT2D eigenvalue weighted by Gasteiger charge is -2.32. The van der Waals surface area contributed by atoms with E-state index < -0.39 is 0 Å². The maximum absolute atomic E-state index is 13.8. The van der Waals surface area contributed by atoms with Gasteiger partial charge in [0.15, 0.2) is 0 Å². The maximum atomic E-state index is 13.8. The smallest absolute Gasteiger partial charge is 0.266 e. The summed E-state index contributed by atoms with van der Waals surface area (Å²) in [6.45, 7) is 6.81. The van der Waals surface area contributed by atoms with Crippen molar-refractivity contribution in [2.24, 2.45) is 0 Å². The molecule has 0 aliphatic rings. The summed E-state index contributed by atoms with van der Waals surface area (Å²) in [6.07, 6.45) is 2.84. The highest BCUT2D eigenvalue weighted by Gasteiger charge is 2.28. The average Bonchev–Trinajstić information content (AvgIpc) is 2.87. The fraction of sp³-hybridized carbons (Fsp3) is 0.300. The molecule has 5 nitrogen and oxygen atoms in total. The first-order valence-corrected chi connectivity index (χ1v) is 12.5. The summed E-state index contributed by atoms with van der Waals surface area (Å²) in [5, 5.41) is 0.573. The van der Waals surface area contributed by atoms with Gasteiger partial charge in [0, 0.05) is 6.54 Å². The first kappa shape index (κ1) is 24.4. The number of rotatable bonds is 9. The van der Waals surface area contributed by atoms with Gasteiger partial charge in [0.05, 0.1) is 29.1 Å². The lowest BCUT2D eigenvalue weighted by molar-refractivity contribution is -0.133. The van der Waals surface area contributed by atoms with Crippen LogP contribution in [-0.4, -0.2) is 26.9 Å². The quantitative estimate of drug-likeness (QED) is 0.303. The van der Waals surface area contributed by atoms with E-state index in [0.29, 0.717) is 36.1 Å². The van der Waals surface area contributed by atoms with Crippen molar-refractivity contribution < 1.29 is 4.79 Å². The molecule has 3 aromatic carbocycles. The number of fused-ring (bicyclic) bond motifs is 1. The molecule has 0 saturated heterocycles. The number of unbranched alkanes of at least 4 members (excludes halogenated alkanes) is 1. The number of carbonyl (C=O) groups is 1. The molecule has 0 aliphatic carbocycles. The van der Waals surface area contributed by atoms with Crippen LogP contribution in [-0.2, 0) is 11.2 Å². The third kappa shape index (κ3) is 5.35. The summed E-state index contributed by atoms with van der Waals surface area (Å²) in [5.41, 5.74) is 3.36. The van der Waals surface area contributed by atoms with Crippen molar-refractivity contribution >= 4 is 16.8 Å². The van der Waals surface area contributed by atoms with E-state index in [2.05, 4.69) is 13.8 Å². The Morgan fingerprint density at radius 3 is 2.43 bits per heavy atom. The summed E-state index contributed by atoms with van der Waals surface area (Å²) < 4.78 is 1.71. The van der Waals surface area contributed by atoms with Crippen LogP contribution in [0.25, 0.3) is 16.6 Å². The van der Waals surface area contributed by atoms with Crippen LogP contribution in [0.2, 0.25) is 0 Å². The van der Waals surface area contributed by atoms with E-state index in [-0.39, 0.29) is 17.5 Å². The van der Waals surface area contributed by atoms with Gasteiger partial charge in [0.2, 0.25) is 5.91 Å². The van der Waals surface area contributed by atoms with Gasteiger partial charge >= 0.3 is 0 Å². The second kappa shape index (κ2) is 11.1. The van der Waals surface area contributed by atoms with Crippen molar-refractivity contribution in [1.82, 2.24) is 14.5 Å². The van der Waals surface area contributed by atoms with Gasteiger partial charge in [-0.3, -0.25) is 14.2 Å². The Labute approximate surface area is 207 Å². The number of benzene rings is 3. The van der Waals surface area contributed by atoms with Gasteiger partial charge in [0.25, 0.3) is 5.56 Å². The van der Waals surface area contributed by atoms with Crippen LogP contribution in [0.15, 0.2) is 83.7 Å². The molecule has 4 rings (SSSR count). The Hall–Kier alpha value is -3.73. The van der Waals surface area contributed by atoms with Gasteiger partial charge < -0.3 is 4.90 Å². The summed E-state index contributed by atoms with van der Waals surface area (Å²) >= 11 is 0. The second-order valence-corrected chi connectivity index (χ2v) is 8.99. The van der Waals surface area contributed by atoms with Crippen LogP contribution < -0.4 is 5.56 Å². The molecule has 1 heterocycles. The minimum atomic E-state index is -0.324. The average molecular weight is 468 g/mol. The van der Waals surface area contributed by atoms with Crippen LogP contribution in [0.3, 0.4) is 0 Å². The summed E-state index contributed by atoms with van der Waals surface area (Å²) in [4.78, 5) is 34.4. The molecule has 0 N–H and O–H groups in total. The summed E-state index contributed by atoms with van der Waals surface area (Å²) in [6, 6.07) is 24.8. The maximum Gasteiger partial charge on any atom is 0.266 e. The van der Waals surface area contributed by atoms with Crippen LogP contribution in [0, 0.1) is 6.92 Å². The normalized spacial score (nSPS) is 12.0. The monoisotopic (exact) mass is 467 g/mol. The van der Waals surface area contributed by atoms with Crippen molar-refractivity contribution in [3.8, 4) is 5.69 Å². The second-order valence-electron chi connectivity index (χ2n) is 8.99. The number of hydrogen-bond acceptors (Lipinski definition) is 3. The number of hydrogen-bond donors (Lipinski definition) is 0. The van der Waals surface area contributed by atoms with E-state index in [9.17, 15) is 9.59 Å². The Balaban J connectivity index is 1.88. The highest BCUT2D eigenvalue weighted by Crippen LogP contribution is 2.27. The zero-order chi connectivity index (χ0) is 24.8. The molecule has 5 heteroatoms. The third-order valence-electron chi connectivity index (χ3n) is 6.39. The van der Waals surface area contributed by atoms with Gasteiger partial charge in [-0.25, -0.2) is 4.98 Å². The van der Waals surface area contributed by atoms with Crippen molar-refractivity contribution in [2.75, 3.05) is 6.54 Å². The van der Waals surface area contributed by atoms with Gasteiger partial charge in [-0.1, -0.05) is 74.9 Å². The van der Waals surface area contributed by atoms with E-state index >= 15 is 0 Å². The topological polar surface area (TPSA) is 55.2 Å². The van der Waals surface area contributed by atoms with E-state index in [4.69, 9.17) is 4.98 Å². The Bertz CT molecular complexity index is 1360. The predicted molar refractivity (Wildman–Crippen MR) is 142 cm³/mol. The Morgan fingerprint density at radius 2 is 1.71 bits per heavy atom. The standard InChI is InChI=1S/C30H33N3O2/c1-4-6-19-32(28(34)21-23-14-8-7-9-15-23)27(5-2)29-31-26-18-11-10-17-25(26)30(35)33(29)24-16-12-13-22(3)20-24/h7-18,20,27H,4-6,19,21H2,1-3H3. The van der Waals surface area contributed by atoms with Crippen molar-refractivity contribution in [1.29, 1.82) is 0 Å². The molecule has 1 unspecified atom stereocenters. The number of carbonyl (C=O) groups excluding carboxylic acids is 1. The molecular formula is C30H33N3O2. The molecule has 0 aliphatic heterocycles. The van der Waals surface area contributed by atoms with E-state index in [1.807, 2.05) is 90.7 Å². The minimum absolute atomic E-state index is 0.0506. The molecule has 1 aromatic heterocycles. The predicted octanol–water partition coefficient (Wildman–Crippen LogP) is 6.02. The highest BCUT2D eigenvalue weighted by molar-refractivity contribution is 5.80. The molecule has 0 spiro atoms. The van der Waals surface area contributed by atoms with Gasteiger partial charge in [-0.05, 0) is 55.2 Å². The molecule has 0 radical (unpaired) electrons. The van der Waals surface area contributed by atoms with Gasteiger partial charge in [-0.2, -0.15) is 0 Å². The zero-order valence-corrected chi connectivity index (χ0v) is 20.8. The lowest BCUT2D eigenvalue weighted by atomic mass is 10.1. The van der Waals surface area contributed by atoms with Crippen molar-refractivity contribution in [3.05, 3.63) is 106 Å². The number of para-hydroxylation sites is 1. The van der Waals surface area contributed by atoms with E-state index in [0.717, 1.165) is 29.7 Å². The van der Waals surface area contributed by atoms with Gasteiger partial charge in [0.1, 0.15) is 5.82 Å². The van der Waals surface area contributed by atoms with Crippen LogP contribution in [0.5, 0.6) is 0 Å². The van der Waals surface area contributed by atoms with Crippen LogP contribution in [0.4, 0.5) is 0 Å². The fourth-order valence-corrected chi connectivity index (χ4v) is 4.59. The number of amides is 1. The first-order chi connectivity index (χ1) is 17.0. The Morgan fingerprint density at radius 1 is 0.971 bits per heavy atom. The SMILES string of the molecule is CCCCN(C(=O)Cc1ccccc1)C(CC)c1nc2ccccc2c(=O)n1-c1cccc(C)c1. The number of aromatic nitrogens is 2. The molecule has 4 aromatic rings. The summed E-state index contributed by atoms with van der Waals surface area (Å²) in [7, 11) is 0. The zero-order valence-electron chi connectivity index (χ0n) is 20.8. The largest absolute Gasteiger partial charge is 0.332 e. The molecule has 0 saturated carbocycles. The van der Waals surface area contributed by atoms with E-state index in [1.165, 1.54) is 0 Å². The molecular weight excluding hydrogens is 434 g/mol. The fourth-order valence-electron chi connectivity index (χ4n) is 4.59. The van der Waals surface area contributed by atoms with Crippen LogP contribution >= 0.6 is 0 Å². The van der Waals surface area contributed by atoms with E-state index in [1.54, 1.807) is 4.57 Å².